The van der Waals surface area contributed by atoms with Gasteiger partial charge in [0.05, 0.1) is 17.7 Å². The Labute approximate surface area is 207 Å². The molecule has 1 aliphatic heterocycles. The minimum absolute atomic E-state index is 0.210. The molecule has 0 amide bonds. The Balaban J connectivity index is 1.30. The third-order valence-electron chi connectivity index (χ3n) is 6.10. The van der Waals surface area contributed by atoms with E-state index in [9.17, 15) is 14.0 Å². The van der Waals surface area contributed by atoms with Crippen LogP contribution in [0.4, 0.5) is 10.1 Å². The maximum absolute atomic E-state index is 14.2. The molecule has 36 heavy (non-hydrogen) atoms. The van der Waals surface area contributed by atoms with Gasteiger partial charge in [-0.05, 0) is 61.5 Å². The molecule has 0 spiro atoms. The summed E-state index contributed by atoms with van der Waals surface area (Å²) >= 11 is 0. The number of hydrogen-bond acceptors (Lipinski definition) is 6. The van der Waals surface area contributed by atoms with Crippen molar-refractivity contribution >= 4 is 28.5 Å². The number of aryl methyl sites for hydroxylation is 1. The Bertz CT molecular complexity index is 1460. The van der Waals surface area contributed by atoms with Crippen LogP contribution >= 0.6 is 0 Å². The lowest BCUT2D eigenvalue weighted by molar-refractivity contribution is -0.131. The maximum Gasteiger partial charge on any atom is 0.308 e. The molecule has 0 saturated heterocycles. The van der Waals surface area contributed by atoms with Crippen molar-refractivity contribution in [3.63, 3.8) is 0 Å². The molecule has 0 unspecified atom stereocenters. The number of aromatic nitrogens is 1. The van der Waals surface area contributed by atoms with Crippen LogP contribution < -0.4 is 19.1 Å². The molecule has 0 saturated carbocycles. The van der Waals surface area contributed by atoms with Gasteiger partial charge in [0.2, 0.25) is 0 Å². The largest absolute Gasteiger partial charge is 0.490 e. The molecule has 1 aliphatic rings. The van der Waals surface area contributed by atoms with Crippen molar-refractivity contribution in [1.82, 2.24) is 4.57 Å². The predicted molar refractivity (Wildman–Crippen MR) is 134 cm³/mol. The Morgan fingerprint density at radius 1 is 1.08 bits per heavy atom. The fourth-order valence-corrected chi connectivity index (χ4v) is 4.47. The molecule has 7 nitrogen and oxygen atoms in total. The van der Waals surface area contributed by atoms with Gasteiger partial charge in [-0.15, -0.1) is 0 Å². The molecule has 1 atom stereocenters. The molecule has 4 aromatic rings. The van der Waals surface area contributed by atoms with Gasteiger partial charge in [0, 0.05) is 30.6 Å². The quantitative estimate of drug-likeness (QED) is 0.292. The lowest BCUT2D eigenvalue weighted by Gasteiger charge is -2.33. The highest BCUT2D eigenvalue weighted by molar-refractivity contribution is 6.04. The van der Waals surface area contributed by atoms with Crippen molar-refractivity contribution in [2.24, 2.45) is 0 Å². The normalized spacial score (nSPS) is 14.8. The van der Waals surface area contributed by atoms with Crippen LogP contribution in [0.2, 0.25) is 0 Å². The van der Waals surface area contributed by atoms with Crippen LogP contribution in [-0.2, 0) is 4.79 Å². The Kier molecular flexibility index (Phi) is 6.10. The second-order valence-corrected chi connectivity index (χ2v) is 8.75. The maximum atomic E-state index is 14.2. The molecular formula is C28H25FN2O5. The first-order chi connectivity index (χ1) is 17.3. The van der Waals surface area contributed by atoms with Gasteiger partial charge in [0.1, 0.15) is 18.1 Å². The third kappa shape index (κ3) is 4.37. The van der Waals surface area contributed by atoms with E-state index in [0.29, 0.717) is 40.2 Å². The number of ether oxygens (including phenoxy) is 3. The van der Waals surface area contributed by atoms with Crippen LogP contribution in [0, 0.1) is 12.7 Å². The van der Waals surface area contributed by atoms with E-state index in [1.807, 2.05) is 37.1 Å². The molecule has 2 heterocycles. The van der Waals surface area contributed by atoms with Gasteiger partial charge in [-0.1, -0.05) is 12.1 Å². The lowest BCUT2D eigenvalue weighted by atomic mass is 10.2. The summed E-state index contributed by atoms with van der Waals surface area (Å²) in [5, 5.41) is 0.689. The summed E-state index contributed by atoms with van der Waals surface area (Å²) < 4.78 is 32.8. The van der Waals surface area contributed by atoms with Crippen molar-refractivity contribution < 1.29 is 28.2 Å². The van der Waals surface area contributed by atoms with Crippen molar-refractivity contribution in [2.75, 3.05) is 25.1 Å². The summed E-state index contributed by atoms with van der Waals surface area (Å²) in [4.78, 5) is 26.7. The van der Waals surface area contributed by atoms with Gasteiger partial charge >= 0.3 is 5.97 Å². The Morgan fingerprint density at radius 2 is 1.83 bits per heavy atom. The molecule has 3 aromatic carbocycles. The molecular weight excluding hydrogens is 463 g/mol. The number of halogens is 1. The first-order valence-electron chi connectivity index (χ1n) is 11.5. The van der Waals surface area contributed by atoms with E-state index in [0.717, 1.165) is 5.69 Å². The number of para-hydroxylation sites is 1. The number of carbonyl (C=O) groups excluding carboxylic acids is 2. The summed E-state index contributed by atoms with van der Waals surface area (Å²) in [7, 11) is 1.89. The SMILES string of the molecule is CC(=O)Oc1cccc2c1cc(C)n2C(=O)c1ccc(OC[C@@H]2CN(C)c3cccc(F)c3O2)cc1. The van der Waals surface area contributed by atoms with Crippen molar-refractivity contribution in [1.29, 1.82) is 0 Å². The van der Waals surface area contributed by atoms with Crippen LogP contribution in [0.1, 0.15) is 23.0 Å². The van der Waals surface area contributed by atoms with Crippen LogP contribution in [0.25, 0.3) is 10.9 Å². The number of nitrogens with zero attached hydrogens (tertiary/aromatic N) is 2. The van der Waals surface area contributed by atoms with Crippen LogP contribution in [0.15, 0.2) is 66.7 Å². The van der Waals surface area contributed by atoms with E-state index in [2.05, 4.69) is 0 Å². The first kappa shape index (κ1) is 23.4. The Hall–Kier alpha value is -4.33. The summed E-state index contributed by atoms with van der Waals surface area (Å²) in [6.45, 7) is 3.95. The second kappa shape index (κ2) is 9.37. The average Bonchev–Trinajstić information content (AvgIpc) is 3.20. The van der Waals surface area contributed by atoms with Crippen molar-refractivity contribution in [3.8, 4) is 17.2 Å². The van der Waals surface area contributed by atoms with Gasteiger partial charge in [-0.2, -0.15) is 0 Å². The van der Waals surface area contributed by atoms with E-state index in [4.69, 9.17) is 14.2 Å². The van der Waals surface area contributed by atoms with Crippen LogP contribution in [-0.4, -0.2) is 42.7 Å². The highest BCUT2D eigenvalue weighted by Gasteiger charge is 2.26. The minimum atomic E-state index is -0.422. The standard InChI is InChI=1S/C28H25FN2O5/c1-17-14-22-24(7-5-9-26(22)35-18(2)32)31(17)28(33)19-10-12-20(13-11-19)34-16-21-15-30(3)25-8-4-6-23(29)27(25)36-21/h4-14,21H,15-16H2,1-3H3/t21-/m0/s1. The predicted octanol–water partition coefficient (Wildman–Crippen LogP) is 4.98. The molecule has 0 radical (unpaired) electrons. The van der Waals surface area contributed by atoms with Gasteiger partial charge < -0.3 is 19.1 Å². The number of likely N-dealkylation sites (N-methyl/N-ethyl adjacent to an activating group) is 1. The molecule has 0 bridgehead atoms. The first-order valence-corrected chi connectivity index (χ1v) is 11.5. The van der Waals surface area contributed by atoms with Crippen molar-refractivity contribution in [2.45, 2.75) is 20.0 Å². The molecule has 184 valence electrons. The summed E-state index contributed by atoms with van der Waals surface area (Å²) in [6, 6.07) is 18.8. The van der Waals surface area contributed by atoms with Gasteiger partial charge in [-0.25, -0.2) is 4.39 Å². The third-order valence-corrected chi connectivity index (χ3v) is 6.10. The smallest absolute Gasteiger partial charge is 0.308 e. The fourth-order valence-electron chi connectivity index (χ4n) is 4.47. The molecule has 0 fully saturated rings. The van der Waals surface area contributed by atoms with Gasteiger partial charge in [-0.3, -0.25) is 14.2 Å². The number of rotatable bonds is 5. The van der Waals surface area contributed by atoms with E-state index < -0.39 is 11.8 Å². The monoisotopic (exact) mass is 488 g/mol. The zero-order chi connectivity index (χ0) is 25.4. The molecule has 8 heteroatoms. The van der Waals surface area contributed by atoms with E-state index >= 15 is 0 Å². The minimum Gasteiger partial charge on any atom is -0.490 e. The topological polar surface area (TPSA) is 70.0 Å². The van der Waals surface area contributed by atoms with Crippen molar-refractivity contribution in [3.05, 3.63) is 83.8 Å². The number of esters is 1. The van der Waals surface area contributed by atoms with E-state index in [1.54, 1.807) is 47.0 Å². The molecule has 1 aromatic heterocycles. The number of benzene rings is 3. The van der Waals surface area contributed by atoms with Crippen LogP contribution in [0.3, 0.4) is 0 Å². The Morgan fingerprint density at radius 3 is 2.58 bits per heavy atom. The number of carbonyl (C=O) groups is 2. The summed E-state index contributed by atoms with van der Waals surface area (Å²) in [5.74, 6) is 0.180. The van der Waals surface area contributed by atoms with Gasteiger partial charge in [0.25, 0.3) is 5.91 Å². The number of fused-ring (bicyclic) bond motifs is 2. The van der Waals surface area contributed by atoms with E-state index in [1.165, 1.54) is 13.0 Å². The molecule has 0 aliphatic carbocycles. The highest BCUT2D eigenvalue weighted by atomic mass is 19.1. The fraction of sp³-hybridized carbons (Fsp3) is 0.214. The molecule has 5 rings (SSSR count). The molecule has 0 N–H and O–H groups in total. The zero-order valence-electron chi connectivity index (χ0n) is 20.2. The lowest BCUT2D eigenvalue weighted by Crippen LogP contribution is -2.41. The van der Waals surface area contributed by atoms with Crippen LogP contribution in [0.5, 0.6) is 17.2 Å². The zero-order valence-corrected chi connectivity index (χ0v) is 20.2. The average molecular weight is 489 g/mol. The number of anilines is 1. The highest BCUT2D eigenvalue weighted by Crippen LogP contribution is 2.35. The van der Waals surface area contributed by atoms with E-state index in [-0.39, 0.29) is 24.4 Å². The van der Waals surface area contributed by atoms with Gasteiger partial charge in [0.15, 0.2) is 17.7 Å². The number of hydrogen-bond donors (Lipinski definition) is 0. The summed E-state index contributed by atoms with van der Waals surface area (Å²) in [6.07, 6.45) is -0.346. The summed E-state index contributed by atoms with van der Waals surface area (Å²) in [5.41, 5.74) is 2.57. The second-order valence-electron chi connectivity index (χ2n) is 8.75.